The van der Waals surface area contributed by atoms with E-state index in [0.717, 1.165) is 0 Å². The number of ether oxygens (including phenoxy) is 2. The third-order valence-electron chi connectivity index (χ3n) is 5.34. The number of carbonyl (C=O) groups is 1. The lowest BCUT2D eigenvalue weighted by Crippen LogP contribution is -2.33. The lowest BCUT2D eigenvalue weighted by Gasteiger charge is -2.24. The van der Waals surface area contributed by atoms with Crippen molar-refractivity contribution < 1.29 is 33.0 Å². The molecule has 0 bridgehead atoms. The fourth-order valence-corrected chi connectivity index (χ4v) is 5.41. The third-order valence-corrected chi connectivity index (χ3v) is 7.36. The largest absolute Gasteiger partial charge is 0.463 e. The first-order chi connectivity index (χ1) is 16.5. The predicted molar refractivity (Wildman–Crippen MR) is 126 cm³/mol. The molecule has 1 saturated heterocycles. The minimum atomic E-state index is -3.90. The lowest BCUT2D eigenvalue weighted by atomic mass is 10.2. The van der Waals surface area contributed by atoms with E-state index in [4.69, 9.17) is 18.5 Å². The van der Waals surface area contributed by atoms with Crippen LogP contribution < -0.4 is 15.8 Å². The van der Waals surface area contributed by atoms with Crippen LogP contribution in [0.1, 0.15) is 39.0 Å². The number of aliphatic hydroxyl groups excluding tert-OH is 1. The number of aliphatic hydroxyl groups is 1. The van der Waals surface area contributed by atoms with E-state index in [1.807, 2.05) is 0 Å². The number of aromatic amines is 1. The Morgan fingerprint density at radius 2 is 1.94 bits per heavy atom. The van der Waals surface area contributed by atoms with Crippen LogP contribution in [0.5, 0.6) is 5.75 Å². The summed E-state index contributed by atoms with van der Waals surface area (Å²) in [5.74, 6) is -1.02. The standard InChI is InChI=1S/C23H31N2O9P/c1-14(2)32-22(28)16(4)13-35(30,34-17-8-6-5-7-9-17)31-12-19-18(26)10-20(33-19)25-11-15(3)21(27)24-23(25)29/h5-9,11,14,16,18-20,26H,10,12-13H2,1-4H3,(H,24,27,29)/t16-,18-,19+,20+,35+/m1/s1. The number of nitrogens with zero attached hydrogens (tertiary/aromatic N) is 1. The summed E-state index contributed by atoms with van der Waals surface area (Å²) in [7, 11) is -3.90. The fourth-order valence-electron chi connectivity index (χ4n) is 3.54. The Bertz CT molecular complexity index is 1180. The molecule has 0 amide bonds. The van der Waals surface area contributed by atoms with E-state index < -0.39 is 49.2 Å². The molecule has 0 unspecified atom stereocenters. The van der Waals surface area contributed by atoms with Gasteiger partial charge in [-0.05, 0) is 32.9 Å². The third kappa shape index (κ3) is 7.14. The Labute approximate surface area is 202 Å². The molecule has 1 aliphatic heterocycles. The second-order valence-corrected chi connectivity index (χ2v) is 10.8. The number of carbonyl (C=O) groups excluding carboxylic acids is 1. The molecule has 2 N–H and O–H groups in total. The Morgan fingerprint density at radius 3 is 2.60 bits per heavy atom. The van der Waals surface area contributed by atoms with Gasteiger partial charge in [0.05, 0.1) is 30.9 Å². The van der Waals surface area contributed by atoms with Crippen LogP contribution in [0.4, 0.5) is 0 Å². The highest BCUT2D eigenvalue weighted by molar-refractivity contribution is 7.54. The Hall–Kier alpha value is -2.72. The molecule has 192 valence electrons. The molecule has 35 heavy (non-hydrogen) atoms. The van der Waals surface area contributed by atoms with Crippen LogP contribution in [0, 0.1) is 12.8 Å². The predicted octanol–water partition coefficient (Wildman–Crippen LogP) is 2.37. The first-order valence-corrected chi connectivity index (χ1v) is 13.0. The van der Waals surface area contributed by atoms with Gasteiger partial charge >= 0.3 is 19.3 Å². The lowest BCUT2D eigenvalue weighted by molar-refractivity contribution is -0.151. The summed E-state index contributed by atoms with van der Waals surface area (Å²) < 4.78 is 37.2. The normalized spacial score (nSPS) is 22.5. The first-order valence-electron chi connectivity index (χ1n) is 11.3. The van der Waals surface area contributed by atoms with Crippen LogP contribution >= 0.6 is 7.60 Å². The number of aromatic nitrogens is 2. The van der Waals surface area contributed by atoms with Crippen LogP contribution in [0.25, 0.3) is 0 Å². The minimum absolute atomic E-state index is 0.0559. The van der Waals surface area contributed by atoms with E-state index in [1.54, 1.807) is 58.0 Å². The van der Waals surface area contributed by atoms with Crippen molar-refractivity contribution in [2.45, 2.75) is 58.7 Å². The first kappa shape index (κ1) is 26.9. The molecule has 1 aromatic carbocycles. The van der Waals surface area contributed by atoms with Gasteiger partial charge in [-0.15, -0.1) is 0 Å². The van der Waals surface area contributed by atoms with Crippen molar-refractivity contribution in [3.63, 3.8) is 0 Å². The summed E-state index contributed by atoms with van der Waals surface area (Å²) in [6, 6.07) is 8.39. The molecule has 0 radical (unpaired) electrons. The van der Waals surface area contributed by atoms with E-state index in [2.05, 4.69) is 4.98 Å². The molecule has 0 aliphatic carbocycles. The van der Waals surface area contributed by atoms with Gasteiger partial charge in [-0.3, -0.25) is 23.7 Å². The summed E-state index contributed by atoms with van der Waals surface area (Å²) in [5.41, 5.74) is -0.867. The highest BCUT2D eigenvalue weighted by atomic mass is 31.2. The van der Waals surface area contributed by atoms with E-state index in [9.17, 15) is 24.1 Å². The maximum atomic E-state index is 13.7. The Balaban J connectivity index is 1.73. The number of aryl methyl sites for hydroxylation is 1. The maximum Gasteiger partial charge on any atom is 0.380 e. The molecule has 3 rings (SSSR count). The van der Waals surface area contributed by atoms with Gasteiger partial charge in [0.15, 0.2) is 0 Å². The van der Waals surface area contributed by atoms with Crippen molar-refractivity contribution in [1.82, 2.24) is 9.55 Å². The van der Waals surface area contributed by atoms with Crippen molar-refractivity contribution in [2.24, 2.45) is 5.92 Å². The number of benzene rings is 1. The topological polar surface area (TPSA) is 146 Å². The Morgan fingerprint density at radius 1 is 1.26 bits per heavy atom. The van der Waals surface area contributed by atoms with Crippen LogP contribution in [0.2, 0.25) is 0 Å². The zero-order valence-electron chi connectivity index (χ0n) is 20.1. The molecule has 5 atom stereocenters. The Kier molecular flexibility index (Phi) is 8.71. The summed E-state index contributed by atoms with van der Waals surface area (Å²) in [6.07, 6.45) is -1.99. The van der Waals surface area contributed by atoms with Gasteiger partial charge in [-0.2, -0.15) is 0 Å². The average Bonchev–Trinajstić information content (AvgIpc) is 3.15. The molecular weight excluding hydrogens is 479 g/mol. The van der Waals surface area contributed by atoms with Crippen molar-refractivity contribution in [2.75, 3.05) is 12.8 Å². The second-order valence-electron chi connectivity index (χ2n) is 8.79. The summed E-state index contributed by atoms with van der Waals surface area (Å²) in [4.78, 5) is 38.3. The van der Waals surface area contributed by atoms with Gasteiger partial charge in [0.1, 0.15) is 18.1 Å². The van der Waals surface area contributed by atoms with Crippen LogP contribution in [-0.2, 0) is 23.4 Å². The molecule has 2 aromatic rings. The molecule has 1 aromatic heterocycles. The highest BCUT2D eigenvalue weighted by Gasteiger charge is 2.39. The molecule has 12 heteroatoms. The maximum absolute atomic E-state index is 13.7. The number of esters is 1. The molecule has 0 spiro atoms. The summed E-state index contributed by atoms with van der Waals surface area (Å²) in [6.45, 7) is 6.22. The zero-order chi connectivity index (χ0) is 25.8. The number of para-hydroxylation sites is 1. The minimum Gasteiger partial charge on any atom is -0.463 e. The van der Waals surface area contributed by atoms with Crippen LogP contribution in [0.15, 0.2) is 46.1 Å². The van der Waals surface area contributed by atoms with Crippen molar-refractivity contribution in [3.8, 4) is 5.75 Å². The SMILES string of the molecule is Cc1cn([C@@H]2C[C@@H](O)[C@H](CO[P@@](=O)(C[C@@H](C)C(=O)OC(C)C)Oc3ccccc3)O2)c(=O)[nH]c1=O. The quantitative estimate of drug-likeness (QED) is 0.363. The van der Waals surface area contributed by atoms with Gasteiger partial charge in [0, 0.05) is 18.2 Å². The monoisotopic (exact) mass is 510 g/mol. The smallest absolute Gasteiger partial charge is 0.380 e. The molecule has 11 nitrogen and oxygen atoms in total. The van der Waals surface area contributed by atoms with Crippen LogP contribution in [-0.4, -0.2) is 51.7 Å². The van der Waals surface area contributed by atoms with Gasteiger partial charge in [-0.25, -0.2) is 9.36 Å². The molecule has 1 fully saturated rings. The van der Waals surface area contributed by atoms with Gasteiger partial charge in [0.2, 0.25) is 0 Å². The van der Waals surface area contributed by atoms with E-state index in [0.29, 0.717) is 11.3 Å². The fraction of sp³-hybridized carbons (Fsp3) is 0.522. The number of nitrogens with one attached hydrogen (secondary N) is 1. The van der Waals surface area contributed by atoms with Crippen molar-refractivity contribution in [1.29, 1.82) is 0 Å². The summed E-state index contributed by atoms with van der Waals surface area (Å²) in [5, 5.41) is 10.5. The van der Waals surface area contributed by atoms with E-state index >= 15 is 0 Å². The average molecular weight is 510 g/mol. The second kappa shape index (κ2) is 11.3. The molecule has 1 aliphatic rings. The zero-order valence-corrected chi connectivity index (χ0v) is 21.0. The number of H-pyrrole nitrogens is 1. The van der Waals surface area contributed by atoms with Crippen molar-refractivity contribution in [3.05, 3.63) is 62.9 Å². The number of hydrogen-bond donors (Lipinski definition) is 2. The van der Waals surface area contributed by atoms with Crippen LogP contribution in [0.3, 0.4) is 0 Å². The molecule has 0 saturated carbocycles. The molecule has 2 heterocycles. The number of rotatable bonds is 10. The van der Waals surface area contributed by atoms with Crippen molar-refractivity contribution >= 4 is 13.6 Å². The van der Waals surface area contributed by atoms with E-state index in [-0.39, 0.29) is 25.3 Å². The summed E-state index contributed by atoms with van der Waals surface area (Å²) >= 11 is 0. The highest BCUT2D eigenvalue weighted by Crippen LogP contribution is 2.50. The number of hydrogen-bond acceptors (Lipinski definition) is 9. The van der Waals surface area contributed by atoms with Gasteiger partial charge < -0.3 is 19.1 Å². The van der Waals surface area contributed by atoms with Gasteiger partial charge in [-0.1, -0.05) is 25.1 Å². The molecular formula is C23H31N2O9P. The van der Waals surface area contributed by atoms with E-state index in [1.165, 1.54) is 10.8 Å². The van der Waals surface area contributed by atoms with Gasteiger partial charge in [0.25, 0.3) is 5.56 Å².